The van der Waals surface area contributed by atoms with Gasteiger partial charge in [0.15, 0.2) is 5.60 Å². The number of aliphatic hydroxyl groups is 1. The highest BCUT2D eigenvalue weighted by Crippen LogP contribution is 2.42. The monoisotopic (exact) mass is 480 g/mol. The first-order valence-corrected chi connectivity index (χ1v) is 10.7. The average Bonchev–Trinajstić information content (AvgIpc) is 3.17. The number of nitrogens with two attached hydrogens (primary N) is 1. The van der Waals surface area contributed by atoms with Crippen molar-refractivity contribution < 1.29 is 22.7 Å². The molecule has 4 aromatic rings. The third-order valence-electron chi connectivity index (χ3n) is 5.33. The fourth-order valence-corrected chi connectivity index (χ4v) is 4.91. The van der Waals surface area contributed by atoms with E-state index in [4.69, 9.17) is 17.3 Å². The zero-order valence-corrected chi connectivity index (χ0v) is 18.2. The maximum atomic E-state index is 14.4. The summed E-state index contributed by atoms with van der Waals surface area (Å²) in [4.78, 5) is 4.85. The second-order valence-corrected chi connectivity index (χ2v) is 8.98. The van der Waals surface area contributed by atoms with Crippen LogP contribution in [0.3, 0.4) is 0 Å². The Morgan fingerprint density at radius 1 is 1.09 bits per heavy atom. The molecule has 166 valence electrons. The molecule has 32 heavy (non-hydrogen) atoms. The summed E-state index contributed by atoms with van der Waals surface area (Å²) < 4.78 is 55.0. The number of alkyl halides is 3. The van der Waals surface area contributed by atoms with E-state index in [2.05, 4.69) is 4.98 Å². The van der Waals surface area contributed by atoms with E-state index in [-0.39, 0.29) is 21.8 Å². The van der Waals surface area contributed by atoms with Gasteiger partial charge in [-0.25, -0.2) is 4.39 Å². The van der Waals surface area contributed by atoms with Crippen molar-refractivity contribution in [3.63, 3.8) is 0 Å². The van der Waals surface area contributed by atoms with E-state index in [1.54, 1.807) is 24.3 Å². The van der Waals surface area contributed by atoms with Crippen molar-refractivity contribution in [3.05, 3.63) is 87.6 Å². The van der Waals surface area contributed by atoms with Crippen molar-refractivity contribution in [3.8, 4) is 11.3 Å². The van der Waals surface area contributed by atoms with Gasteiger partial charge in [-0.3, -0.25) is 4.98 Å². The number of pyridine rings is 1. The van der Waals surface area contributed by atoms with Crippen LogP contribution >= 0.6 is 22.9 Å². The smallest absolute Gasteiger partial charge is 0.376 e. The number of halogens is 5. The summed E-state index contributed by atoms with van der Waals surface area (Å²) in [6.07, 6.45) is -3.62. The Kier molecular flexibility index (Phi) is 5.75. The molecule has 2 atom stereocenters. The van der Waals surface area contributed by atoms with Gasteiger partial charge in [0.05, 0.1) is 11.7 Å². The van der Waals surface area contributed by atoms with Gasteiger partial charge in [0.1, 0.15) is 5.82 Å². The van der Waals surface area contributed by atoms with Crippen LogP contribution in [0.15, 0.2) is 60.8 Å². The van der Waals surface area contributed by atoms with Crippen LogP contribution < -0.4 is 5.73 Å². The SMILES string of the molecule is CC(O)(c1ccnc(-c2cccc3cc([C@H](N)c4c(F)cccc4Cl)sc23)c1)C(F)(F)F. The lowest BCUT2D eigenvalue weighted by molar-refractivity contribution is -0.258. The number of hydrogen-bond acceptors (Lipinski definition) is 4. The van der Waals surface area contributed by atoms with Crippen LogP contribution in [0, 0.1) is 5.82 Å². The summed E-state index contributed by atoms with van der Waals surface area (Å²) in [6, 6.07) is 12.9. The zero-order chi connectivity index (χ0) is 23.3. The summed E-state index contributed by atoms with van der Waals surface area (Å²) in [6.45, 7) is 0.701. The van der Waals surface area contributed by atoms with Gasteiger partial charge in [-0.1, -0.05) is 35.9 Å². The third-order valence-corrected chi connectivity index (χ3v) is 6.93. The van der Waals surface area contributed by atoms with Crippen LogP contribution in [0.25, 0.3) is 21.3 Å². The number of nitrogens with zero attached hydrogens (tertiary/aromatic N) is 1. The van der Waals surface area contributed by atoms with E-state index in [1.165, 1.54) is 35.7 Å². The quantitative estimate of drug-likeness (QED) is 0.325. The Balaban J connectivity index is 1.82. The first-order chi connectivity index (χ1) is 15.0. The highest BCUT2D eigenvalue weighted by Gasteiger charge is 2.51. The molecule has 3 nitrogen and oxygen atoms in total. The Hall–Kier alpha value is -2.52. The molecule has 0 aliphatic heterocycles. The molecule has 3 N–H and O–H groups in total. The Labute approximate surface area is 190 Å². The van der Waals surface area contributed by atoms with Gasteiger partial charge in [0.25, 0.3) is 0 Å². The van der Waals surface area contributed by atoms with Gasteiger partial charge in [-0.2, -0.15) is 13.2 Å². The van der Waals surface area contributed by atoms with Crippen molar-refractivity contribution in [2.45, 2.75) is 24.7 Å². The van der Waals surface area contributed by atoms with E-state index >= 15 is 0 Å². The van der Waals surface area contributed by atoms with Crippen molar-refractivity contribution in [2.24, 2.45) is 5.73 Å². The fourth-order valence-electron chi connectivity index (χ4n) is 3.43. The average molecular weight is 481 g/mol. The van der Waals surface area contributed by atoms with Gasteiger partial charge in [-0.05, 0) is 48.2 Å². The number of aromatic nitrogens is 1. The topological polar surface area (TPSA) is 59.1 Å². The van der Waals surface area contributed by atoms with Gasteiger partial charge < -0.3 is 10.8 Å². The van der Waals surface area contributed by atoms with Crippen LogP contribution in [0.5, 0.6) is 0 Å². The second kappa shape index (κ2) is 8.12. The van der Waals surface area contributed by atoms with Crippen molar-refractivity contribution in [1.29, 1.82) is 0 Å². The molecular weight excluding hydrogens is 464 g/mol. The van der Waals surface area contributed by atoms with E-state index in [0.29, 0.717) is 17.4 Å². The van der Waals surface area contributed by atoms with Crippen molar-refractivity contribution >= 4 is 33.0 Å². The van der Waals surface area contributed by atoms with Gasteiger partial charge in [0.2, 0.25) is 0 Å². The van der Waals surface area contributed by atoms with Crippen molar-refractivity contribution in [1.82, 2.24) is 4.98 Å². The summed E-state index contributed by atoms with van der Waals surface area (Å²) >= 11 is 7.44. The molecule has 0 aliphatic carbocycles. The number of rotatable bonds is 4. The largest absolute Gasteiger partial charge is 0.421 e. The molecule has 0 aliphatic rings. The summed E-state index contributed by atoms with van der Waals surface area (Å²) in [5.41, 5.74) is 3.98. The molecule has 0 radical (unpaired) electrons. The first kappa shape index (κ1) is 22.7. The van der Waals surface area contributed by atoms with Crippen LogP contribution in [0.4, 0.5) is 17.6 Å². The third kappa shape index (κ3) is 3.88. The minimum absolute atomic E-state index is 0.170. The lowest BCUT2D eigenvalue weighted by Gasteiger charge is -2.26. The van der Waals surface area contributed by atoms with Crippen molar-refractivity contribution in [2.75, 3.05) is 0 Å². The van der Waals surface area contributed by atoms with Crippen LogP contribution in [-0.4, -0.2) is 16.3 Å². The molecule has 2 aromatic carbocycles. The molecular formula is C23H17ClF4N2OS. The van der Waals surface area contributed by atoms with Crippen LogP contribution in [-0.2, 0) is 5.60 Å². The number of fused-ring (bicyclic) bond motifs is 1. The van der Waals surface area contributed by atoms with Gasteiger partial charge in [-0.15, -0.1) is 11.3 Å². The van der Waals surface area contributed by atoms with Gasteiger partial charge in [0, 0.05) is 31.9 Å². The molecule has 2 heterocycles. The zero-order valence-electron chi connectivity index (χ0n) is 16.6. The predicted molar refractivity (Wildman–Crippen MR) is 118 cm³/mol. The molecule has 2 aromatic heterocycles. The van der Waals surface area contributed by atoms with Crippen LogP contribution in [0.2, 0.25) is 5.02 Å². The molecule has 0 saturated heterocycles. The van der Waals surface area contributed by atoms with E-state index in [0.717, 1.165) is 16.2 Å². The molecule has 4 rings (SSSR count). The minimum Gasteiger partial charge on any atom is -0.376 e. The lowest BCUT2D eigenvalue weighted by Crippen LogP contribution is -2.39. The van der Waals surface area contributed by atoms with Crippen LogP contribution in [0.1, 0.15) is 29.0 Å². The predicted octanol–water partition coefficient (Wildman–Crippen LogP) is 6.57. The molecule has 0 bridgehead atoms. The Morgan fingerprint density at radius 3 is 2.50 bits per heavy atom. The highest BCUT2D eigenvalue weighted by molar-refractivity contribution is 7.19. The van der Waals surface area contributed by atoms with E-state index in [1.807, 2.05) is 6.07 Å². The van der Waals surface area contributed by atoms with E-state index < -0.39 is 23.6 Å². The molecule has 0 fully saturated rings. The highest BCUT2D eigenvalue weighted by atomic mass is 35.5. The summed E-state index contributed by atoms with van der Waals surface area (Å²) in [5.74, 6) is -0.522. The Morgan fingerprint density at radius 2 is 1.81 bits per heavy atom. The molecule has 1 unspecified atom stereocenters. The van der Waals surface area contributed by atoms with E-state index in [9.17, 15) is 22.7 Å². The molecule has 0 spiro atoms. The maximum absolute atomic E-state index is 14.4. The van der Waals surface area contributed by atoms with Gasteiger partial charge >= 0.3 is 6.18 Å². The maximum Gasteiger partial charge on any atom is 0.421 e. The fraction of sp³-hybridized carbons (Fsp3) is 0.174. The summed E-state index contributed by atoms with van der Waals surface area (Å²) in [7, 11) is 0. The second-order valence-electron chi connectivity index (χ2n) is 7.49. The first-order valence-electron chi connectivity index (χ1n) is 9.48. The number of benzene rings is 2. The number of thiophene rings is 1. The number of hydrogen-bond donors (Lipinski definition) is 2. The summed E-state index contributed by atoms with van der Waals surface area (Å²) in [5, 5.41) is 11.0. The standard InChI is InChI=1S/C23H17ClF4N2OS/c1-22(31,23(26,27)28)13-8-9-30-17(11-13)14-5-2-4-12-10-18(32-21(12)14)20(29)19-15(24)6-3-7-16(19)25/h2-11,20,31H,29H2,1H3/t20-,22?/m0/s1. The molecule has 0 amide bonds. The minimum atomic E-state index is -4.85. The molecule has 9 heteroatoms. The Bertz CT molecular complexity index is 1280. The normalized spacial score (nSPS) is 15.0. The lowest BCUT2D eigenvalue weighted by atomic mass is 9.94. The molecule has 0 saturated carbocycles.